The Bertz CT molecular complexity index is 706. The number of esters is 1. The number of Topliss-reactive ketones (excluding diaryl/α,β-unsaturated/α-hetero) is 1. The Morgan fingerprint density at radius 2 is 1.77 bits per heavy atom. The molecule has 2 aliphatic heterocycles. The van der Waals surface area contributed by atoms with Crippen LogP contribution < -0.4 is 5.32 Å². The second-order valence-electron chi connectivity index (χ2n) is 6.28. The highest BCUT2D eigenvalue weighted by Gasteiger charge is 2.33. The number of carbonyl (C=O) groups is 3. The van der Waals surface area contributed by atoms with Gasteiger partial charge in [0.05, 0.1) is 0 Å². The third-order valence-electron chi connectivity index (χ3n) is 4.37. The molecule has 0 radical (unpaired) electrons. The number of nitrogens with one attached hydrogen (secondary N) is 1. The van der Waals surface area contributed by atoms with Gasteiger partial charge < -0.3 is 19.7 Å². The zero-order chi connectivity index (χ0) is 18.4. The fourth-order valence-corrected chi connectivity index (χ4v) is 2.98. The van der Waals surface area contributed by atoms with Crippen molar-refractivity contribution in [3.05, 3.63) is 41.8 Å². The number of amides is 1. The summed E-state index contributed by atoms with van der Waals surface area (Å²) in [7, 11) is 0. The molecule has 2 aliphatic rings. The molecule has 0 aliphatic carbocycles. The number of likely N-dealkylation sites (tertiary alicyclic amines) is 1. The molecule has 0 bridgehead atoms. The van der Waals surface area contributed by atoms with Crippen LogP contribution in [-0.2, 0) is 23.9 Å². The van der Waals surface area contributed by atoms with Crippen LogP contribution in [0, 0.1) is 0 Å². The molecule has 2 heterocycles. The van der Waals surface area contributed by atoms with Gasteiger partial charge in [-0.2, -0.15) is 0 Å². The van der Waals surface area contributed by atoms with Gasteiger partial charge in [-0.25, -0.2) is 4.79 Å². The van der Waals surface area contributed by atoms with Crippen molar-refractivity contribution in [2.24, 2.45) is 0 Å². The zero-order valence-electron chi connectivity index (χ0n) is 14.5. The molecule has 0 unspecified atom stereocenters. The molecule has 138 valence electrons. The molecule has 1 aromatic carbocycles. The lowest BCUT2D eigenvalue weighted by Gasteiger charge is -2.19. The molecule has 7 heteroatoms. The maximum absolute atomic E-state index is 12.3. The van der Waals surface area contributed by atoms with Crippen molar-refractivity contribution >= 4 is 23.3 Å². The summed E-state index contributed by atoms with van der Waals surface area (Å²) >= 11 is 0. The lowest BCUT2D eigenvalue weighted by atomic mass is 10.2. The topological polar surface area (TPSA) is 84.9 Å². The predicted octanol–water partition coefficient (Wildman–Crippen LogP) is 1.86. The first-order valence-electron chi connectivity index (χ1n) is 8.82. The minimum Gasteiger partial charge on any atom is -0.470 e. The number of para-hydroxylation sites is 1. The SMILES string of the molecule is O=C1COC(Nc2ccccc2)=C1C(=O)OCC(=O)N1CCCCCC1. The summed E-state index contributed by atoms with van der Waals surface area (Å²) in [5.74, 6) is -1.47. The average molecular weight is 358 g/mol. The highest BCUT2D eigenvalue weighted by Crippen LogP contribution is 2.20. The monoisotopic (exact) mass is 358 g/mol. The molecule has 0 aromatic heterocycles. The van der Waals surface area contributed by atoms with Crippen LogP contribution in [0.1, 0.15) is 25.7 Å². The van der Waals surface area contributed by atoms with Crippen molar-refractivity contribution in [2.45, 2.75) is 25.7 Å². The van der Waals surface area contributed by atoms with Crippen LogP contribution in [0.3, 0.4) is 0 Å². The third kappa shape index (κ3) is 4.41. The Morgan fingerprint density at radius 3 is 2.46 bits per heavy atom. The van der Waals surface area contributed by atoms with Crippen LogP contribution in [0.15, 0.2) is 41.8 Å². The first kappa shape index (κ1) is 18.0. The van der Waals surface area contributed by atoms with Crippen LogP contribution in [0.25, 0.3) is 0 Å². The van der Waals surface area contributed by atoms with Crippen LogP contribution in [0.5, 0.6) is 0 Å². The van der Waals surface area contributed by atoms with Crippen molar-refractivity contribution in [2.75, 3.05) is 31.6 Å². The van der Waals surface area contributed by atoms with Crippen molar-refractivity contribution in [1.82, 2.24) is 4.90 Å². The van der Waals surface area contributed by atoms with Gasteiger partial charge in [-0.1, -0.05) is 31.0 Å². The molecule has 0 atom stereocenters. The van der Waals surface area contributed by atoms with Crippen LogP contribution in [-0.4, -0.2) is 48.9 Å². The van der Waals surface area contributed by atoms with Gasteiger partial charge in [0.2, 0.25) is 11.7 Å². The minimum atomic E-state index is -0.839. The maximum Gasteiger partial charge on any atom is 0.347 e. The maximum atomic E-state index is 12.3. The highest BCUT2D eigenvalue weighted by atomic mass is 16.5. The van der Waals surface area contributed by atoms with E-state index in [4.69, 9.17) is 9.47 Å². The number of ketones is 1. The number of carbonyl (C=O) groups excluding carboxylic acids is 3. The minimum absolute atomic E-state index is 0.0634. The lowest BCUT2D eigenvalue weighted by molar-refractivity contribution is -0.149. The summed E-state index contributed by atoms with van der Waals surface area (Å²) in [6, 6.07) is 9.05. The molecule has 1 fully saturated rings. The average Bonchev–Trinajstić information content (AvgIpc) is 2.86. The Balaban J connectivity index is 1.62. The molecule has 3 rings (SSSR count). The van der Waals surface area contributed by atoms with E-state index < -0.39 is 11.8 Å². The summed E-state index contributed by atoms with van der Waals surface area (Å²) in [6.45, 7) is 0.776. The number of anilines is 1. The Hall–Kier alpha value is -2.83. The van der Waals surface area contributed by atoms with Gasteiger partial charge in [0.1, 0.15) is 0 Å². The van der Waals surface area contributed by atoms with E-state index in [1.165, 1.54) is 0 Å². The van der Waals surface area contributed by atoms with E-state index in [1.807, 2.05) is 18.2 Å². The van der Waals surface area contributed by atoms with E-state index >= 15 is 0 Å². The molecule has 1 aromatic rings. The normalized spacial score (nSPS) is 17.5. The summed E-state index contributed by atoms with van der Waals surface area (Å²) in [5, 5.41) is 2.90. The van der Waals surface area contributed by atoms with E-state index in [1.54, 1.807) is 17.0 Å². The van der Waals surface area contributed by atoms with Crippen molar-refractivity contribution in [3.63, 3.8) is 0 Å². The number of ether oxygens (including phenoxy) is 2. The summed E-state index contributed by atoms with van der Waals surface area (Å²) < 4.78 is 10.4. The fraction of sp³-hybridized carbons (Fsp3) is 0.421. The third-order valence-corrected chi connectivity index (χ3v) is 4.37. The lowest BCUT2D eigenvalue weighted by Crippen LogP contribution is -2.35. The standard InChI is InChI=1S/C19H22N2O5/c22-15-12-25-18(20-14-8-4-3-5-9-14)17(15)19(24)26-13-16(23)21-10-6-1-2-7-11-21/h3-5,8-9,20H,1-2,6-7,10-13H2. The molecular weight excluding hydrogens is 336 g/mol. The highest BCUT2D eigenvalue weighted by molar-refractivity contribution is 6.20. The van der Waals surface area contributed by atoms with E-state index in [0.29, 0.717) is 18.8 Å². The van der Waals surface area contributed by atoms with Crippen molar-refractivity contribution < 1.29 is 23.9 Å². The molecule has 1 saturated heterocycles. The van der Waals surface area contributed by atoms with Gasteiger partial charge >= 0.3 is 5.97 Å². The van der Waals surface area contributed by atoms with Gasteiger partial charge in [-0.15, -0.1) is 0 Å². The quantitative estimate of drug-likeness (QED) is 0.639. The van der Waals surface area contributed by atoms with E-state index in [2.05, 4.69) is 5.32 Å². The molecule has 26 heavy (non-hydrogen) atoms. The Kier molecular flexibility index (Phi) is 5.88. The van der Waals surface area contributed by atoms with Crippen LogP contribution in [0.2, 0.25) is 0 Å². The smallest absolute Gasteiger partial charge is 0.347 e. The summed E-state index contributed by atoms with van der Waals surface area (Å²) in [4.78, 5) is 38.2. The second-order valence-corrected chi connectivity index (χ2v) is 6.28. The molecule has 0 saturated carbocycles. The van der Waals surface area contributed by atoms with Gasteiger partial charge in [-0.3, -0.25) is 9.59 Å². The van der Waals surface area contributed by atoms with Crippen molar-refractivity contribution in [1.29, 1.82) is 0 Å². The summed E-state index contributed by atoms with van der Waals surface area (Å²) in [6.07, 6.45) is 4.14. The Labute approximate surface area is 151 Å². The first-order valence-corrected chi connectivity index (χ1v) is 8.82. The van der Waals surface area contributed by atoms with Gasteiger partial charge in [-0.05, 0) is 25.0 Å². The summed E-state index contributed by atoms with van der Waals surface area (Å²) in [5.41, 5.74) is 0.501. The van der Waals surface area contributed by atoms with E-state index in [9.17, 15) is 14.4 Å². The molecule has 1 N–H and O–H groups in total. The number of hydrogen-bond acceptors (Lipinski definition) is 6. The first-order chi connectivity index (χ1) is 12.6. The van der Waals surface area contributed by atoms with Crippen LogP contribution in [0.4, 0.5) is 5.69 Å². The molecule has 1 amide bonds. The van der Waals surface area contributed by atoms with Crippen LogP contribution >= 0.6 is 0 Å². The number of benzene rings is 1. The second kappa shape index (κ2) is 8.51. The number of hydrogen-bond donors (Lipinski definition) is 1. The molecular formula is C19H22N2O5. The van der Waals surface area contributed by atoms with Gasteiger partial charge in [0.15, 0.2) is 18.8 Å². The van der Waals surface area contributed by atoms with Crippen molar-refractivity contribution in [3.8, 4) is 0 Å². The molecule has 7 nitrogen and oxygen atoms in total. The van der Waals surface area contributed by atoms with Gasteiger partial charge in [0, 0.05) is 18.8 Å². The fourth-order valence-electron chi connectivity index (χ4n) is 2.98. The largest absolute Gasteiger partial charge is 0.470 e. The van der Waals surface area contributed by atoms with Gasteiger partial charge in [0.25, 0.3) is 5.91 Å². The predicted molar refractivity (Wildman–Crippen MR) is 94.1 cm³/mol. The number of nitrogens with zero attached hydrogens (tertiary/aromatic N) is 1. The number of rotatable bonds is 5. The van der Waals surface area contributed by atoms with E-state index in [0.717, 1.165) is 25.7 Å². The van der Waals surface area contributed by atoms with E-state index in [-0.39, 0.29) is 30.6 Å². The Morgan fingerprint density at radius 1 is 1.08 bits per heavy atom. The molecule has 0 spiro atoms. The zero-order valence-corrected chi connectivity index (χ0v) is 14.5.